The highest BCUT2D eigenvalue weighted by atomic mass is 16.2. The van der Waals surface area contributed by atoms with Crippen LogP contribution in [0.2, 0.25) is 0 Å². The molecule has 1 saturated carbocycles. The number of nitrogens with zero attached hydrogens (tertiary/aromatic N) is 1. The van der Waals surface area contributed by atoms with Crippen LogP contribution in [-0.2, 0) is 4.79 Å². The molecule has 15 heavy (non-hydrogen) atoms. The second-order valence-electron chi connectivity index (χ2n) is 3.76. The molecule has 1 rings (SSSR count). The number of rotatable bonds is 4. The third-order valence-electron chi connectivity index (χ3n) is 2.72. The lowest BCUT2D eigenvalue weighted by Crippen LogP contribution is -2.49. The normalized spacial score (nSPS) is 15.3. The molecule has 1 fully saturated rings. The maximum absolute atomic E-state index is 11.7. The van der Waals surface area contributed by atoms with Crippen molar-refractivity contribution in [2.75, 3.05) is 20.1 Å². The van der Waals surface area contributed by atoms with E-state index in [1.807, 2.05) is 6.92 Å². The summed E-state index contributed by atoms with van der Waals surface area (Å²) in [6.07, 6.45) is 3.30. The number of carbonyl (C=O) groups is 2. The fourth-order valence-corrected chi connectivity index (χ4v) is 1.40. The average molecular weight is 213 g/mol. The Kier molecular flexibility index (Phi) is 4.39. The van der Waals surface area contributed by atoms with Gasteiger partial charge in [0.25, 0.3) is 0 Å². The summed E-state index contributed by atoms with van der Waals surface area (Å²) in [5.74, 6) is -0.138. The minimum atomic E-state index is -0.138. The number of carbonyl (C=O) groups excluding carboxylic acids is 2. The summed E-state index contributed by atoms with van der Waals surface area (Å²) in [6, 6.07) is 0.182. The maximum Gasteiger partial charge on any atom is 0.318 e. The first kappa shape index (κ1) is 11.8. The Morgan fingerprint density at radius 3 is 2.47 bits per heavy atom. The van der Waals surface area contributed by atoms with Gasteiger partial charge in [-0.2, -0.15) is 0 Å². The Hall–Kier alpha value is -1.26. The van der Waals surface area contributed by atoms with E-state index in [0.717, 1.165) is 12.8 Å². The molecule has 0 radical (unpaired) electrons. The third kappa shape index (κ3) is 3.42. The number of amides is 3. The summed E-state index contributed by atoms with van der Waals surface area (Å²) >= 11 is 0. The van der Waals surface area contributed by atoms with E-state index in [4.69, 9.17) is 0 Å². The molecule has 5 heteroatoms. The monoisotopic (exact) mass is 213 g/mol. The zero-order valence-corrected chi connectivity index (χ0v) is 9.38. The van der Waals surface area contributed by atoms with Crippen molar-refractivity contribution >= 4 is 11.9 Å². The molecule has 0 atom stereocenters. The van der Waals surface area contributed by atoms with Gasteiger partial charge in [-0.25, -0.2) is 4.79 Å². The first-order chi connectivity index (χ1) is 7.17. The Bertz CT molecular complexity index is 239. The van der Waals surface area contributed by atoms with Crippen molar-refractivity contribution in [2.24, 2.45) is 0 Å². The lowest BCUT2D eigenvalue weighted by molar-refractivity contribution is -0.121. The zero-order valence-electron chi connectivity index (χ0n) is 9.38. The highest BCUT2D eigenvalue weighted by molar-refractivity contribution is 5.83. The van der Waals surface area contributed by atoms with Crippen LogP contribution >= 0.6 is 0 Å². The van der Waals surface area contributed by atoms with Crippen LogP contribution in [0.1, 0.15) is 26.2 Å². The van der Waals surface area contributed by atoms with E-state index in [1.54, 1.807) is 7.05 Å². The van der Waals surface area contributed by atoms with Crippen LogP contribution in [0.4, 0.5) is 4.79 Å². The van der Waals surface area contributed by atoms with Gasteiger partial charge in [-0.3, -0.25) is 4.79 Å². The summed E-state index contributed by atoms with van der Waals surface area (Å²) in [5.41, 5.74) is 0. The molecular formula is C10H19N3O2. The predicted molar refractivity (Wildman–Crippen MR) is 57.5 cm³/mol. The SMILES string of the molecule is CCN(CC(=O)NC)C(=O)NC1CCC1. The van der Waals surface area contributed by atoms with Crippen molar-refractivity contribution in [3.63, 3.8) is 0 Å². The van der Waals surface area contributed by atoms with Crippen molar-refractivity contribution in [3.8, 4) is 0 Å². The standard InChI is InChI=1S/C10H19N3O2/c1-3-13(7-9(14)11-2)10(15)12-8-5-4-6-8/h8H,3-7H2,1-2H3,(H,11,14)(H,12,15). The quantitative estimate of drug-likeness (QED) is 0.706. The molecule has 0 bridgehead atoms. The smallest absolute Gasteiger partial charge is 0.318 e. The van der Waals surface area contributed by atoms with Gasteiger partial charge < -0.3 is 15.5 Å². The lowest BCUT2D eigenvalue weighted by atomic mass is 9.93. The van der Waals surface area contributed by atoms with Gasteiger partial charge in [-0.15, -0.1) is 0 Å². The van der Waals surface area contributed by atoms with Crippen molar-refractivity contribution in [2.45, 2.75) is 32.2 Å². The fraction of sp³-hybridized carbons (Fsp3) is 0.800. The molecule has 0 unspecified atom stereocenters. The molecule has 0 aromatic carbocycles. The molecule has 0 saturated heterocycles. The zero-order chi connectivity index (χ0) is 11.3. The minimum absolute atomic E-state index is 0.131. The summed E-state index contributed by atoms with van der Waals surface area (Å²) in [6.45, 7) is 2.54. The van der Waals surface area contributed by atoms with Gasteiger partial charge >= 0.3 is 6.03 Å². The first-order valence-electron chi connectivity index (χ1n) is 5.43. The molecule has 0 aliphatic heterocycles. The number of hydrogen-bond acceptors (Lipinski definition) is 2. The minimum Gasteiger partial charge on any atom is -0.358 e. The van der Waals surface area contributed by atoms with E-state index in [1.165, 1.54) is 11.3 Å². The second-order valence-corrected chi connectivity index (χ2v) is 3.76. The highest BCUT2D eigenvalue weighted by Crippen LogP contribution is 2.18. The van der Waals surface area contributed by atoms with Gasteiger partial charge in [0.2, 0.25) is 5.91 Å². The van der Waals surface area contributed by atoms with Crippen LogP contribution in [-0.4, -0.2) is 43.0 Å². The second kappa shape index (κ2) is 5.58. The van der Waals surface area contributed by atoms with Gasteiger partial charge in [-0.1, -0.05) is 0 Å². The van der Waals surface area contributed by atoms with Crippen LogP contribution in [0, 0.1) is 0 Å². The van der Waals surface area contributed by atoms with E-state index < -0.39 is 0 Å². The molecule has 1 aliphatic carbocycles. The van der Waals surface area contributed by atoms with Crippen LogP contribution < -0.4 is 10.6 Å². The molecule has 0 aromatic rings. The van der Waals surface area contributed by atoms with Gasteiger partial charge in [0, 0.05) is 19.6 Å². The number of hydrogen-bond donors (Lipinski definition) is 2. The van der Waals surface area contributed by atoms with Crippen LogP contribution in [0.15, 0.2) is 0 Å². The number of likely N-dealkylation sites (N-methyl/N-ethyl adjacent to an activating group) is 2. The van der Waals surface area contributed by atoms with E-state index in [-0.39, 0.29) is 18.5 Å². The maximum atomic E-state index is 11.7. The van der Waals surface area contributed by atoms with Crippen molar-refractivity contribution < 1.29 is 9.59 Å². The summed E-state index contributed by atoms with van der Waals surface area (Å²) in [7, 11) is 1.57. The molecule has 1 aliphatic rings. The van der Waals surface area contributed by atoms with Crippen molar-refractivity contribution in [1.82, 2.24) is 15.5 Å². The third-order valence-corrected chi connectivity index (χ3v) is 2.72. The van der Waals surface area contributed by atoms with Gasteiger partial charge in [0.05, 0.1) is 0 Å². The van der Waals surface area contributed by atoms with Gasteiger partial charge in [0.1, 0.15) is 6.54 Å². The topological polar surface area (TPSA) is 61.4 Å². The molecular weight excluding hydrogens is 194 g/mol. The molecule has 0 aromatic heterocycles. The van der Waals surface area contributed by atoms with Crippen molar-refractivity contribution in [1.29, 1.82) is 0 Å². The Balaban J connectivity index is 2.34. The Morgan fingerprint density at radius 1 is 1.40 bits per heavy atom. The Labute approximate surface area is 90.2 Å². The van der Waals surface area contributed by atoms with Crippen LogP contribution in [0.25, 0.3) is 0 Å². The molecule has 86 valence electrons. The number of nitrogens with one attached hydrogen (secondary N) is 2. The molecule has 2 N–H and O–H groups in total. The molecule has 0 spiro atoms. The average Bonchev–Trinajstić information content (AvgIpc) is 2.19. The van der Waals surface area contributed by atoms with Gasteiger partial charge in [-0.05, 0) is 26.2 Å². The van der Waals surface area contributed by atoms with Crippen LogP contribution in [0.3, 0.4) is 0 Å². The van der Waals surface area contributed by atoms with E-state index in [2.05, 4.69) is 10.6 Å². The lowest BCUT2D eigenvalue weighted by Gasteiger charge is -2.29. The summed E-state index contributed by atoms with van der Waals surface area (Å²) in [4.78, 5) is 24.3. The van der Waals surface area contributed by atoms with Crippen molar-refractivity contribution in [3.05, 3.63) is 0 Å². The highest BCUT2D eigenvalue weighted by Gasteiger charge is 2.22. The molecule has 3 amide bonds. The Morgan fingerprint density at radius 2 is 2.07 bits per heavy atom. The molecule has 0 heterocycles. The largest absolute Gasteiger partial charge is 0.358 e. The summed E-state index contributed by atoms with van der Waals surface area (Å²) < 4.78 is 0. The fourth-order valence-electron chi connectivity index (χ4n) is 1.40. The number of urea groups is 1. The first-order valence-corrected chi connectivity index (χ1v) is 5.43. The van der Waals surface area contributed by atoms with E-state index in [9.17, 15) is 9.59 Å². The summed E-state index contributed by atoms with van der Waals surface area (Å²) in [5, 5.41) is 5.41. The van der Waals surface area contributed by atoms with E-state index in [0.29, 0.717) is 12.6 Å². The van der Waals surface area contributed by atoms with E-state index >= 15 is 0 Å². The molecule has 5 nitrogen and oxygen atoms in total. The predicted octanol–water partition coefficient (Wildman–Crippen LogP) is 0.316. The van der Waals surface area contributed by atoms with Gasteiger partial charge in [0.15, 0.2) is 0 Å². The van der Waals surface area contributed by atoms with Crippen LogP contribution in [0.5, 0.6) is 0 Å².